The molecule has 0 spiro atoms. The minimum absolute atomic E-state index is 0. The van der Waals surface area contributed by atoms with Gasteiger partial charge in [-0.2, -0.15) is 0 Å². The van der Waals surface area contributed by atoms with E-state index < -0.39 is 0 Å². The number of nitrogens with zero attached hydrogens (tertiary/aromatic N) is 4. The van der Waals surface area contributed by atoms with E-state index in [2.05, 4.69) is 20.5 Å². The Morgan fingerprint density at radius 2 is 2.06 bits per heavy atom. The van der Waals surface area contributed by atoms with Crippen LogP contribution in [0.5, 0.6) is 0 Å². The minimum atomic E-state index is -0.0341. The molecule has 1 aliphatic rings. The van der Waals surface area contributed by atoms with Crippen LogP contribution in [0.1, 0.15) is 5.69 Å². The molecule has 2 heterocycles. The van der Waals surface area contributed by atoms with Gasteiger partial charge in [0.15, 0.2) is 0 Å². The lowest BCUT2D eigenvalue weighted by molar-refractivity contribution is 0.228. The predicted molar refractivity (Wildman–Crippen MR) is 62.5 cm³/mol. The molecular formula is C9H18ClN5O. The third-order valence-electron chi connectivity index (χ3n) is 2.60. The molecule has 1 aliphatic heterocycles. The zero-order chi connectivity index (χ0) is 10.5. The largest absolute Gasteiger partial charge is 0.390 e. The van der Waals surface area contributed by atoms with Crippen LogP contribution in [0.4, 0.5) is 0 Å². The van der Waals surface area contributed by atoms with E-state index in [9.17, 15) is 0 Å². The van der Waals surface area contributed by atoms with Crippen molar-refractivity contribution < 1.29 is 5.11 Å². The Hall–Kier alpha value is -0.690. The first-order valence-electron chi connectivity index (χ1n) is 5.31. The van der Waals surface area contributed by atoms with Gasteiger partial charge in [0.1, 0.15) is 5.69 Å². The summed E-state index contributed by atoms with van der Waals surface area (Å²) in [5.41, 5.74) is 0.635. The maximum atomic E-state index is 8.83. The van der Waals surface area contributed by atoms with Gasteiger partial charge in [-0.1, -0.05) is 5.21 Å². The van der Waals surface area contributed by atoms with E-state index in [1.165, 1.54) is 0 Å². The second kappa shape index (κ2) is 6.80. The van der Waals surface area contributed by atoms with Crippen molar-refractivity contribution in [3.63, 3.8) is 0 Å². The van der Waals surface area contributed by atoms with Crippen molar-refractivity contribution in [2.45, 2.75) is 13.2 Å². The van der Waals surface area contributed by atoms with Crippen LogP contribution >= 0.6 is 12.4 Å². The van der Waals surface area contributed by atoms with Crippen molar-refractivity contribution in [2.24, 2.45) is 0 Å². The van der Waals surface area contributed by atoms with Crippen LogP contribution in [-0.4, -0.2) is 57.7 Å². The summed E-state index contributed by atoms with van der Waals surface area (Å²) in [6.45, 7) is 6.14. The van der Waals surface area contributed by atoms with Gasteiger partial charge in [-0.3, -0.25) is 9.58 Å². The number of aliphatic hydroxyl groups is 1. The van der Waals surface area contributed by atoms with E-state index in [-0.39, 0.29) is 19.0 Å². The second-order valence-electron chi connectivity index (χ2n) is 3.72. The molecule has 0 atom stereocenters. The molecule has 2 N–H and O–H groups in total. The molecular weight excluding hydrogens is 230 g/mol. The Morgan fingerprint density at radius 1 is 1.31 bits per heavy atom. The van der Waals surface area contributed by atoms with Crippen LogP contribution in [0.15, 0.2) is 6.20 Å². The summed E-state index contributed by atoms with van der Waals surface area (Å²) in [5.74, 6) is 0. The van der Waals surface area contributed by atoms with Crippen LogP contribution in [0.25, 0.3) is 0 Å². The predicted octanol–water partition coefficient (Wildman–Crippen LogP) is -0.903. The molecule has 1 saturated heterocycles. The van der Waals surface area contributed by atoms with Crippen LogP contribution in [-0.2, 0) is 13.2 Å². The van der Waals surface area contributed by atoms with Crippen molar-refractivity contribution in [3.8, 4) is 0 Å². The van der Waals surface area contributed by atoms with Crippen LogP contribution in [0, 0.1) is 0 Å². The van der Waals surface area contributed by atoms with Gasteiger partial charge in [0.25, 0.3) is 0 Å². The number of nitrogens with one attached hydrogen (secondary N) is 1. The van der Waals surface area contributed by atoms with E-state index in [0.29, 0.717) is 5.69 Å². The topological polar surface area (TPSA) is 66.2 Å². The molecule has 0 saturated carbocycles. The number of hydrogen-bond acceptors (Lipinski definition) is 5. The van der Waals surface area contributed by atoms with Crippen molar-refractivity contribution >= 4 is 12.4 Å². The standard InChI is InChI=1S/C9H17N5O.ClH/c15-8-9-7-14(12-11-9)6-5-13-3-1-10-2-4-13;/h7,10,15H,1-6,8H2;1H. The number of halogens is 1. The Morgan fingerprint density at radius 3 is 2.69 bits per heavy atom. The average Bonchev–Trinajstić information content (AvgIpc) is 2.76. The molecule has 92 valence electrons. The second-order valence-corrected chi connectivity index (χ2v) is 3.72. The molecule has 2 rings (SSSR count). The zero-order valence-electron chi connectivity index (χ0n) is 9.17. The molecule has 1 aromatic heterocycles. The number of piperazine rings is 1. The lowest BCUT2D eigenvalue weighted by atomic mass is 10.3. The Kier molecular flexibility index (Phi) is 5.68. The minimum Gasteiger partial charge on any atom is -0.390 e. The maximum absolute atomic E-state index is 8.83. The Balaban J connectivity index is 0.00000128. The summed E-state index contributed by atoms with van der Waals surface area (Å²) < 4.78 is 1.79. The van der Waals surface area contributed by atoms with E-state index in [4.69, 9.17) is 5.11 Å². The summed E-state index contributed by atoms with van der Waals surface area (Å²) in [7, 11) is 0. The van der Waals surface area contributed by atoms with Gasteiger partial charge in [-0.05, 0) is 0 Å². The molecule has 0 radical (unpaired) electrons. The van der Waals surface area contributed by atoms with E-state index in [1.807, 2.05) is 0 Å². The molecule has 0 amide bonds. The molecule has 0 unspecified atom stereocenters. The lowest BCUT2D eigenvalue weighted by Gasteiger charge is -2.26. The zero-order valence-corrected chi connectivity index (χ0v) is 9.99. The highest BCUT2D eigenvalue weighted by Crippen LogP contribution is 1.95. The number of rotatable bonds is 4. The van der Waals surface area contributed by atoms with Gasteiger partial charge in [-0.15, -0.1) is 17.5 Å². The molecule has 6 nitrogen and oxygen atoms in total. The molecule has 16 heavy (non-hydrogen) atoms. The van der Waals surface area contributed by atoms with Crippen molar-refractivity contribution in [3.05, 3.63) is 11.9 Å². The number of hydrogen-bond donors (Lipinski definition) is 2. The fraction of sp³-hybridized carbons (Fsp3) is 0.778. The smallest absolute Gasteiger partial charge is 0.108 e. The maximum Gasteiger partial charge on any atom is 0.108 e. The molecule has 1 aromatic rings. The number of aromatic nitrogens is 3. The SMILES string of the molecule is Cl.OCc1cn(CCN2CCNCC2)nn1. The van der Waals surface area contributed by atoms with Crippen LogP contribution in [0.2, 0.25) is 0 Å². The Labute approximate surface area is 101 Å². The highest BCUT2D eigenvalue weighted by atomic mass is 35.5. The fourth-order valence-electron chi connectivity index (χ4n) is 1.70. The van der Waals surface area contributed by atoms with Gasteiger partial charge in [0.2, 0.25) is 0 Å². The van der Waals surface area contributed by atoms with Crippen molar-refractivity contribution in [1.29, 1.82) is 0 Å². The summed E-state index contributed by atoms with van der Waals surface area (Å²) in [5, 5.41) is 19.9. The quantitative estimate of drug-likeness (QED) is 0.722. The van der Waals surface area contributed by atoms with E-state index >= 15 is 0 Å². The van der Waals surface area contributed by atoms with Gasteiger partial charge < -0.3 is 10.4 Å². The molecule has 0 bridgehead atoms. The first-order valence-corrected chi connectivity index (χ1v) is 5.31. The highest BCUT2D eigenvalue weighted by molar-refractivity contribution is 5.85. The van der Waals surface area contributed by atoms with Gasteiger partial charge in [-0.25, -0.2) is 0 Å². The summed E-state index contributed by atoms with van der Waals surface area (Å²) in [6, 6.07) is 0. The molecule has 1 fully saturated rings. The highest BCUT2D eigenvalue weighted by Gasteiger charge is 2.09. The van der Waals surface area contributed by atoms with E-state index in [0.717, 1.165) is 39.3 Å². The van der Waals surface area contributed by atoms with E-state index in [1.54, 1.807) is 10.9 Å². The lowest BCUT2D eigenvalue weighted by Crippen LogP contribution is -2.44. The molecule has 0 aliphatic carbocycles. The Bertz CT molecular complexity index is 300. The monoisotopic (exact) mass is 247 g/mol. The van der Waals surface area contributed by atoms with Crippen molar-refractivity contribution in [1.82, 2.24) is 25.2 Å². The summed E-state index contributed by atoms with van der Waals surface area (Å²) in [4.78, 5) is 2.40. The van der Waals surface area contributed by atoms with Crippen molar-refractivity contribution in [2.75, 3.05) is 32.7 Å². The average molecular weight is 248 g/mol. The van der Waals surface area contributed by atoms with Crippen LogP contribution in [0.3, 0.4) is 0 Å². The third-order valence-corrected chi connectivity index (χ3v) is 2.60. The normalized spacial score (nSPS) is 17.1. The molecule has 7 heteroatoms. The summed E-state index contributed by atoms with van der Waals surface area (Å²) in [6.07, 6.45) is 1.79. The molecule has 0 aromatic carbocycles. The van der Waals surface area contributed by atoms with Gasteiger partial charge in [0, 0.05) is 32.7 Å². The number of aliphatic hydroxyl groups excluding tert-OH is 1. The van der Waals surface area contributed by atoms with Crippen LogP contribution < -0.4 is 5.32 Å². The first-order chi connectivity index (χ1) is 7.38. The van der Waals surface area contributed by atoms with Gasteiger partial charge >= 0.3 is 0 Å². The summed E-state index contributed by atoms with van der Waals surface area (Å²) >= 11 is 0. The first kappa shape index (κ1) is 13.4. The third kappa shape index (κ3) is 3.71. The fourth-order valence-corrected chi connectivity index (χ4v) is 1.70. The van der Waals surface area contributed by atoms with Gasteiger partial charge in [0.05, 0.1) is 19.3 Å².